The summed E-state index contributed by atoms with van der Waals surface area (Å²) in [6.07, 6.45) is 2.93. The van der Waals surface area contributed by atoms with E-state index in [1.807, 2.05) is 26.0 Å². The number of ether oxygens (including phenoxy) is 1. The molecule has 0 atom stereocenters. The second kappa shape index (κ2) is 8.14. The molecule has 0 unspecified atom stereocenters. The van der Waals surface area contributed by atoms with Crippen LogP contribution >= 0.6 is 0 Å². The van der Waals surface area contributed by atoms with Gasteiger partial charge in [-0.1, -0.05) is 12.1 Å². The van der Waals surface area contributed by atoms with Gasteiger partial charge >= 0.3 is 5.97 Å². The number of esters is 1. The molecule has 0 radical (unpaired) electrons. The molecule has 4 rings (SSSR count). The van der Waals surface area contributed by atoms with Crippen LogP contribution in [0.25, 0.3) is 11.0 Å². The third kappa shape index (κ3) is 3.99. The molecule has 1 fully saturated rings. The van der Waals surface area contributed by atoms with Crippen LogP contribution in [0.2, 0.25) is 0 Å². The number of nitrogens with zero attached hydrogens (tertiary/aromatic N) is 1. The van der Waals surface area contributed by atoms with Crippen molar-refractivity contribution in [2.75, 3.05) is 18.1 Å². The van der Waals surface area contributed by atoms with Crippen molar-refractivity contribution < 1.29 is 23.5 Å². The van der Waals surface area contributed by atoms with Gasteiger partial charge in [-0.15, -0.1) is 0 Å². The highest BCUT2D eigenvalue weighted by Gasteiger charge is 2.22. The summed E-state index contributed by atoms with van der Waals surface area (Å²) in [5, 5.41) is 0.879. The Morgan fingerprint density at radius 1 is 1.13 bits per heavy atom. The van der Waals surface area contributed by atoms with E-state index in [1.54, 1.807) is 35.4 Å². The van der Waals surface area contributed by atoms with Crippen LogP contribution in [0.4, 0.5) is 5.69 Å². The number of benzene rings is 2. The average molecular weight is 405 g/mol. The first-order valence-corrected chi connectivity index (χ1v) is 9.99. The SMILES string of the molecule is Cc1cc2occ(CC(=O)OCC(=O)c3cccc(N4CCCC4=O)c3)c2cc1C. The van der Waals surface area contributed by atoms with Crippen LogP contribution in [0.3, 0.4) is 0 Å². The molecule has 1 aliphatic rings. The highest BCUT2D eigenvalue weighted by molar-refractivity contribution is 6.01. The molecule has 6 nitrogen and oxygen atoms in total. The topological polar surface area (TPSA) is 76.8 Å². The van der Waals surface area contributed by atoms with Crippen molar-refractivity contribution in [3.05, 3.63) is 64.9 Å². The second-order valence-electron chi connectivity index (χ2n) is 7.65. The normalized spacial score (nSPS) is 13.8. The van der Waals surface area contributed by atoms with Gasteiger partial charge in [-0.3, -0.25) is 14.4 Å². The predicted octanol–water partition coefficient (Wildman–Crippen LogP) is 4.15. The number of furan rings is 1. The number of aryl methyl sites for hydroxylation is 2. The zero-order valence-corrected chi connectivity index (χ0v) is 17.1. The Kier molecular flexibility index (Phi) is 5.40. The number of rotatable bonds is 6. The van der Waals surface area contributed by atoms with Crippen LogP contribution in [0.1, 0.15) is 39.9 Å². The minimum absolute atomic E-state index is 0.0328. The number of carbonyl (C=O) groups excluding carboxylic acids is 3. The first-order chi connectivity index (χ1) is 14.4. The summed E-state index contributed by atoms with van der Waals surface area (Å²) in [5.41, 5.74) is 4.81. The van der Waals surface area contributed by atoms with Gasteiger partial charge in [0.15, 0.2) is 12.4 Å². The lowest BCUT2D eigenvalue weighted by Crippen LogP contribution is -2.24. The van der Waals surface area contributed by atoms with E-state index < -0.39 is 5.97 Å². The Morgan fingerprint density at radius 3 is 2.70 bits per heavy atom. The quantitative estimate of drug-likeness (QED) is 0.455. The van der Waals surface area contributed by atoms with Crippen molar-refractivity contribution >= 4 is 34.3 Å². The Labute approximate surface area is 174 Å². The lowest BCUT2D eigenvalue weighted by Gasteiger charge is -2.16. The molecule has 154 valence electrons. The number of ketones is 1. The van der Waals surface area contributed by atoms with Crippen LogP contribution < -0.4 is 4.90 Å². The van der Waals surface area contributed by atoms with Crippen LogP contribution in [-0.2, 0) is 20.7 Å². The van der Waals surface area contributed by atoms with E-state index in [2.05, 4.69) is 0 Å². The van der Waals surface area contributed by atoms with Crippen molar-refractivity contribution in [1.82, 2.24) is 0 Å². The maximum atomic E-state index is 12.5. The van der Waals surface area contributed by atoms with E-state index in [0.717, 1.165) is 34.1 Å². The second-order valence-corrected chi connectivity index (χ2v) is 7.65. The van der Waals surface area contributed by atoms with E-state index >= 15 is 0 Å². The maximum absolute atomic E-state index is 12.5. The number of hydrogen-bond donors (Lipinski definition) is 0. The molecule has 0 N–H and O–H groups in total. The summed E-state index contributed by atoms with van der Waals surface area (Å²) in [4.78, 5) is 38.4. The Bertz CT molecular complexity index is 1140. The minimum atomic E-state index is -0.491. The van der Waals surface area contributed by atoms with Crippen LogP contribution in [-0.4, -0.2) is 30.8 Å². The third-order valence-corrected chi connectivity index (χ3v) is 5.52. The lowest BCUT2D eigenvalue weighted by molar-refractivity contribution is -0.141. The number of carbonyl (C=O) groups is 3. The Morgan fingerprint density at radius 2 is 1.93 bits per heavy atom. The molecule has 0 saturated carbocycles. The fraction of sp³-hybridized carbons (Fsp3) is 0.292. The first-order valence-electron chi connectivity index (χ1n) is 9.99. The smallest absolute Gasteiger partial charge is 0.310 e. The third-order valence-electron chi connectivity index (χ3n) is 5.52. The molecule has 30 heavy (non-hydrogen) atoms. The zero-order valence-electron chi connectivity index (χ0n) is 17.1. The fourth-order valence-corrected chi connectivity index (χ4v) is 3.68. The van der Waals surface area contributed by atoms with Gasteiger partial charge in [0.2, 0.25) is 5.91 Å². The van der Waals surface area contributed by atoms with Crippen LogP contribution in [0.5, 0.6) is 0 Å². The number of hydrogen-bond acceptors (Lipinski definition) is 5. The first kappa shape index (κ1) is 19.9. The number of fused-ring (bicyclic) bond motifs is 1. The van der Waals surface area contributed by atoms with Crippen molar-refractivity contribution in [1.29, 1.82) is 0 Å². The van der Waals surface area contributed by atoms with E-state index in [4.69, 9.17) is 9.15 Å². The van der Waals surface area contributed by atoms with Crippen molar-refractivity contribution in [2.24, 2.45) is 0 Å². The minimum Gasteiger partial charge on any atom is -0.464 e. The molecular formula is C24H23NO5. The van der Waals surface area contributed by atoms with Gasteiger partial charge in [0.05, 0.1) is 12.7 Å². The molecule has 3 aromatic rings. The number of amides is 1. The summed E-state index contributed by atoms with van der Waals surface area (Å²) >= 11 is 0. The van der Waals surface area contributed by atoms with Gasteiger partial charge in [0, 0.05) is 35.2 Å². The highest BCUT2D eigenvalue weighted by atomic mass is 16.5. The maximum Gasteiger partial charge on any atom is 0.310 e. The molecule has 1 amide bonds. The van der Waals surface area contributed by atoms with Gasteiger partial charge < -0.3 is 14.1 Å². The van der Waals surface area contributed by atoms with Crippen LogP contribution in [0, 0.1) is 13.8 Å². The fourth-order valence-electron chi connectivity index (χ4n) is 3.68. The van der Waals surface area contributed by atoms with Crippen molar-refractivity contribution in [2.45, 2.75) is 33.1 Å². The largest absolute Gasteiger partial charge is 0.464 e. The average Bonchev–Trinajstić information content (AvgIpc) is 3.33. The molecule has 1 saturated heterocycles. The monoisotopic (exact) mass is 405 g/mol. The number of Topliss-reactive ketones (excluding diaryl/α,β-unsaturated/α-hetero) is 1. The number of anilines is 1. The Hall–Kier alpha value is -3.41. The molecule has 2 aromatic carbocycles. The van der Waals surface area contributed by atoms with Crippen molar-refractivity contribution in [3.8, 4) is 0 Å². The van der Waals surface area contributed by atoms with Gasteiger partial charge in [0.1, 0.15) is 5.58 Å². The molecular weight excluding hydrogens is 382 g/mol. The lowest BCUT2D eigenvalue weighted by atomic mass is 10.0. The predicted molar refractivity (Wildman–Crippen MR) is 113 cm³/mol. The summed E-state index contributed by atoms with van der Waals surface area (Å²) in [6.45, 7) is 4.32. The Balaban J connectivity index is 1.39. The van der Waals surface area contributed by atoms with E-state index in [1.165, 1.54) is 0 Å². The summed E-state index contributed by atoms with van der Waals surface area (Å²) in [5.74, 6) is -0.737. The summed E-state index contributed by atoms with van der Waals surface area (Å²) < 4.78 is 10.8. The summed E-state index contributed by atoms with van der Waals surface area (Å²) in [6, 6.07) is 10.8. The standard InChI is InChI=1S/C24H23NO5/c1-15-9-20-18(13-29-22(20)10-16(15)2)12-24(28)30-14-21(26)17-5-3-6-19(11-17)25-8-4-7-23(25)27/h3,5-6,9-11,13H,4,7-8,12,14H2,1-2H3. The van der Waals surface area contributed by atoms with Gasteiger partial charge in [-0.2, -0.15) is 0 Å². The van der Waals surface area contributed by atoms with E-state index in [9.17, 15) is 14.4 Å². The van der Waals surface area contributed by atoms with Crippen LogP contribution in [0.15, 0.2) is 47.1 Å². The molecule has 1 aliphatic heterocycles. The molecule has 0 bridgehead atoms. The molecule has 0 spiro atoms. The molecule has 2 heterocycles. The molecule has 6 heteroatoms. The summed E-state index contributed by atoms with van der Waals surface area (Å²) in [7, 11) is 0. The highest BCUT2D eigenvalue weighted by Crippen LogP contribution is 2.25. The zero-order chi connectivity index (χ0) is 21.3. The van der Waals surface area contributed by atoms with Gasteiger partial charge in [-0.25, -0.2) is 0 Å². The van der Waals surface area contributed by atoms with E-state index in [0.29, 0.717) is 24.2 Å². The molecule has 1 aromatic heterocycles. The van der Waals surface area contributed by atoms with E-state index in [-0.39, 0.29) is 24.7 Å². The van der Waals surface area contributed by atoms with Gasteiger partial charge in [0.25, 0.3) is 0 Å². The van der Waals surface area contributed by atoms with Crippen molar-refractivity contribution in [3.63, 3.8) is 0 Å². The molecule has 0 aliphatic carbocycles. The van der Waals surface area contributed by atoms with Gasteiger partial charge in [-0.05, 0) is 55.7 Å².